The molecule has 0 radical (unpaired) electrons. The lowest BCUT2D eigenvalue weighted by molar-refractivity contribution is 0.527. The molecule has 0 aromatic carbocycles. The highest BCUT2D eigenvalue weighted by molar-refractivity contribution is 14.1. The molecule has 4 nitrogen and oxygen atoms in total. The molecule has 1 unspecified atom stereocenters. The first-order valence-corrected chi connectivity index (χ1v) is 6.58. The van der Waals surface area contributed by atoms with Crippen LogP contribution in [0.2, 0.25) is 0 Å². The van der Waals surface area contributed by atoms with Gasteiger partial charge in [-0.2, -0.15) is 0 Å². The third kappa shape index (κ3) is 4.11. The monoisotopic (exact) mass is 335 g/mol. The molecule has 0 aliphatic rings. The predicted molar refractivity (Wildman–Crippen MR) is 74.7 cm³/mol. The van der Waals surface area contributed by atoms with E-state index in [0.717, 1.165) is 6.42 Å². The van der Waals surface area contributed by atoms with Crippen LogP contribution in [0.4, 0.5) is 5.82 Å². The second-order valence-electron chi connectivity index (χ2n) is 4.41. The van der Waals surface area contributed by atoms with E-state index < -0.39 is 0 Å². The molecule has 0 fully saturated rings. The van der Waals surface area contributed by atoms with Crippen LogP contribution in [0.15, 0.2) is 11.1 Å². The molecule has 0 aliphatic heterocycles. The Hall–Kier alpha value is -0.590. The average molecular weight is 335 g/mol. The summed E-state index contributed by atoms with van der Waals surface area (Å²) in [6, 6.07) is 0.338. The zero-order chi connectivity index (χ0) is 12.1. The van der Waals surface area contributed by atoms with E-state index in [1.807, 2.05) is 22.6 Å². The number of aromatic amines is 1. The second kappa shape index (κ2) is 6.22. The molecule has 0 spiro atoms. The molecule has 2 N–H and O–H groups in total. The summed E-state index contributed by atoms with van der Waals surface area (Å²) in [6.07, 6.45) is 3.69. The molecule has 0 amide bonds. The zero-order valence-corrected chi connectivity index (χ0v) is 12.0. The van der Waals surface area contributed by atoms with E-state index in [1.54, 1.807) is 0 Å². The summed E-state index contributed by atoms with van der Waals surface area (Å²) in [7, 11) is 0. The van der Waals surface area contributed by atoms with Crippen molar-refractivity contribution in [2.24, 2.45) is 5.92 Å². The highest BCUT2D eigenvalue weighted by Gasteiger charge is 2.09. The maximum absolute atomic E-state index is 11.3. The third-order valence-electron chi connectivity index (χ3n) is 2.36. The van der Waals surface area contributed by atoms with Crippen LogP contribution in [-0.4, -0.2) is 16.0 Å². The molecule has 90 valence electrons. The van der Waals surface area contributed by atoms with E-state index in [1.165, 1.54) is 12.7 Å². The minimum atomic E-state index is -0.0887. The van der Waals surface area contributed by atoms with Crippen molar-refractivity contribution in [2.45, 2.75) is 39.7 Å². The Kier molecular flexibility index (Phi) is 5.24. The van der Waals surface area contributed by atoms with Crippen LogP contribution in [0.3, 0.4) is 0 Å². The Morgan fingerprint density at radius 1 is 1.44 bits per heavy atom. The maximum Gasteiger partial charge on any atom is 0.266 e. The number of H-pyrrole nitrogens is 1. The van der Waals surface area contributed by atoms with Gasteiger partial charge in [-0.1, -0.05) is 13.8 Å². The van der Waals surface area contributed by atoms with E-state index in [-0.39, 0.29) is 5.56 Å². The number of rotatable bonds is 5. The van der Waals surface area contributed by atoms with Gasteiger partial charge in [-0.3, -0.25) is 4.79 Å². The summed E-state index contributed by atoms with van der Waals surface area (Å²) < 4.78 is 0.622. The van der Waals surface area contributed by atoms with Crippen molar-refractivity contribution in [2.75, 3.05) is 5.32 Å². The van der Waals surface area contributed by atoms with E-state index in [0.29, 0.717) is 21.3 Å². The van der Waals surface area contributed by atoms with Crippen molar-refractivity contribution < 1.29 is 0 Å². The summed E-state index contributed by atoms with van der Waals surface area (Å²) in [5.41, 5.74) is -0.0887. The fraction of sp³-hybridized carbons (Fsp3) is 0.636. The first kappa shape index (κ1) is 13.5. The lowest BCUT2D eigenvalue weighted by atomic mass is 10.0. The van der Waals surface area contributed by atoms with E-state index in [9.17, 15) is 4.79 Å². The van der Waals surface area contributed by atoms with Gasteiger partial charge in [0.1, 0.15) is 9.39 Å². The first-order valence-electron chi connectivity index (χ1n) is 5.50. The van der Waals surface area contributed by atoms with Crippen LogP contribution in [0, 0.1) is 9.49 Å². The summed E-state index contributed by atoms with van der Waals surface area (Å²) in [5.74, 6) is 1.39. The number of aromatic nitrogens is 2. The number of anilines is 1. The highest BCUT2D eigenvalue weighted by atomic mass is 127. The van der Waals surface area contributed by atoms with Gasteiger partial charge in [0.05, 0.1) is 6.33 Å². The van der Waals surface area contributed by atoms with Gasteiger partial charge in [-0.15, -0.1) is 0 Å². The Bertz CT molecular complexity index is 389. The molecular weight excluding hydrogens is 317 g/mol. The van der Waals surface area contributed by atoms with Crippen LogP contribution in [0.25, 0.3) is 0 Å². The predicted octanol–water partition coefficient (Wildman–Crippen LogP) is 2.61. The molecule has 0 saturated carbocycles. The number of hydrogen-bond acceptors (Lipinski definition) is 3. The molecule has 0 bridgehead atoms. The number of nitrogens with one attached hydrogen (secondary N) is 2. The Balaban J connectivity index is 2.59. The van der Waals surface area contributed by atoms with Crippen molar-refractivity contribution in [1.82, 2.24) is 9.97 Å². The van der Waals surface area contributed by atoms with Gasteiger partial charge in [0.2, 0.25) is 0 Å². The van der Waals surface area contributed by atoms with Crippen LogP contribution < -0.4 is 10.9 Å². The first-order chi connectivity index (χ1) is 7.50. The van der Waals surface area contributed by atoms with Gasteiger partial charge in [-0.25, -0.2) is 4.98 Å². The number of halogens is 1. The summed E-state index contributed by atoms with van der Waals surface area (Å²) >= 11 is 2.01. The third-order valence-corrected chi connectivity index (χ3v) is 3.36. The van der Waals surface area contributed by atoms with Gasteiger partial charge in [-0.05, 0) is 48.3 Å². The topological polar surface area (TPSA) is 57.8 Å². The van der Waals surface area contributed by atoms with Crippen molar-refractivity contribution >= 4 is 28.4 Å². The minimum Gasteiger partial charge on any atom is -0.367 e. The van der Waals surface area contributed by atoms with Gasteiger partial charge >= 0.3 is 0 Å². The molecule has 16 heavy (non-hydrogen) atoms. The van der Waals surface area contributed by atoms with Gasteiger partial charge < -0.3 is 10.3 Å². The van der Waals surface area contributed by atoms with Gasteiger partial charge in [0.15, 0.2) is 0 Å². The SMILES string of the molecule is CC(C)CCC(C)Nc1nc[nH]c(=O)c1I. The fourth-order valence-corrected chi connectivity index (χ4v) is 1.82. The molecule has 1 rings (SSSR count). The van der Waals surface area contributed by atoms with Crippen LogP contribution in [-0.2, 0) is 0 Å². The summed E-state index contributed by atoms with van der Waals surface area (Å²) in [6.45, 7) is 6.53. The second-order valence-corrected chi connectivity index (χ2v) is 5.49. The van der Waals surface area contributed by atoms with Crippen molar-refractivity contribution in [3.8, 4) is 0 Å². The summed E-state index contributed by atoms with van der Waals surface area (Å²) in [4.78, 5) is 18.0. The van der Waals surface area contributed by atoms with Crippen molar-refractivity contribution in [3.05, 3.63) is 20.3 Å². The molecule has 0 saturated heterocycles. The van der Waals surface area contributed by atoms with E-state index in [4.69, 9.17) is 0 Å². The van der Waals surface area contributed by atoms with Gasteiger partial charge in [0, 0.05) is 6.04 Å². The van der Waals surface area contributed by atoms with Crippen LogP contribution in [0.1, 0.15) is 33.6 Å². The Labute approximate surface area is 109 Å². The van der Waals surface area contributed by atoms with Crippen LogP contribution in [0.5, 0.6) is 0 Å². The zero-order valence-electron chi connectivity index (χ0n) is 9.88. The Morgan fingerprint density at radius 2 is 2.12 bits per heavy atom. The highest BCUT2D eigenvalue weighted by Crippen LogP contribution is 2.13. The lowest BCUT2D eigenvalue weighted by Gasteiger charge is -2.15. The fourth-order valence-electron chi connectivity index (χ4n) is 1.37. The molecule has 1 aromatic rings. The minimum absolute atomic E-state index is 0.0887. The van der Waals surface area contributed by atoms with Crippen molar-refractivity contribution in [1.29, 1.82) is 0 Å². The average Bonchev–Trinajstić information content (AvgIpc) is 2.22. The molecule has 5 heteroatoms. The smallest absolute Gasteiger partial charge is 0.266 e. The normalized spacial score (nSPS) is 12.8. The van der Waals surface area contributed by atoms with E-state index >= 15 is 0 Å². The molecule has 1 aromatic heterocycles. The molecular formula is C11H18IN3O. The van der Waals surface area contributed by atoms with Crippen LogP contribution >= 0.6 is 22.6 Å². The number of hydrogen-bond donors (Lipinski definition) is 2. The Morgan fingerprint density at radius 3 is 2.75 bits per heavy atom. The number of nitrogens with zero attached hydrogens (tertiary/aromatic N) is 1. The van der Waals surface area contributed by atoms with Gasteiger partial charge in [0.25, 0.3) is 5.56 Å². The maximum atomic E-state index is 11.3. The molecule has 1 heterocycles. The molecule has 0 aliphatic carbocycles. The van der Waals surface area contributed by atoms with Crippen molar-refractivity contribution in [3.63, 3.8) is 0 Å². The summed E-state index contributed by atoms with van der Waals surface area (Å²) in [5, 5.41) is 3.27. The van der Waals surface area contributed by atoms with E-state index in [2.05, 4.69) is 36.1 Å². The lowest BCUT2D eigenvalue weighted by Crippen LogP contribution is -2.21. The largest absolute Gasteiger partial charge is 0.367 e. The molecule has 1 atom stereocenters. The quantitative estimate of drug-likeness (QED) is 0.814. The standard InChI is InChI=1S/C11H18IN3O/c1-7(2)4-5-8(3)15-10-9(12)11(16)14-6-13-10/h6-8H,4-5H2,1-3H3,(H2,13,14,15,16).